The summed E-state index contributed by atoms with van der Waals surface area (Å²) in [5, 5.41) is 0. The molecule has 19 heavy (non-hydrogen) atoms. The molecule has 1 fully saturated rings. The van der Waals surface area contributed by atoms with E-state index in [2.05, 4.69) is 35.0 Å². The van der Waals surface area contributed by atoms with Crippen molar-refractivity contribution in [3.8, 4) is 5.75 Å². The highest BCUT2D eigenvalue weighted by Gasteiger charge is 2.27. The number of fused-ring (bicyclic) bond motifs is 1. The van der Waals surface area contributed by atoms with Crippen LogP contribution >= 0.6 is 0 Å². The van der Waals surface area contributed by atoms with Crippen LogP contribution in [0.25, 0.3) is 0 Å². The van der Waals surface area contributed by atoms with E-state index in [0.717, 1.165) is 12.2 Å². The maximum Gasteiger partial charge on any atom is 0.122 e. The van der Waals surface area contributed by atoms with Crippen molar-refractivity contribution >= 4 is 0 Å². The summed E-state index contributed by atoms with van der Waals surface area (Å²) >= 11 is 0. The SMILES string of the molecule is COc1cccc2c1CC(N1CCN(C)CC1)CC2. The van der Waals surface area contributed by atoms with Gasteiger partial charge in [-0.3, -0.25) is 4.90 Å². The molecule has 2 aliphatic rings. The van der Waals surface area contributed by atoms with E-state index < -0.39 is 0 Å². The van der Waals surface area contributed by atoms with E-state index in [1.54, 1.807) is 7.11 Å². The zero-order chi connectivity index (χ0) is 13.2. The van der Waals surface area contributed by atoms with Crippen LogP contribution in [0.4, 0.5) is 0 Å². The summed E-state index contributed by atoms with van der Waals surface area (Å²) < 4.78 is 5.54. The third-order valence-corrected chi connectivity index (χ3v) is 4.69. The molecule has 0 radical (unpaired) electrons. The number of methoxy groups -OCH3 is 1. The number of piperazine rings is 1. The Morgan fingerprint density at radius 1 is 1.16 bits per heavy atom. The van der Waals surface area contributed by atoms with Crippen molar-refractivity contribution in [1.29, 1.82) is 0 Å². The van der Waals surface area contributed by atoms with Gasteiger partial charge in [-0.1, -0.05) is 12.1 Å². The topological polar surface area (TPSA) is 15.7 Å². The molecule has 0 aromatic heterocycles. The molecule has 0 bridgehead atoms. The molecule has 1 heterocycles. The van der Waals surface area contributed by atoms with Crippen LogP contribution in [0.2, 0.25) is 0 Å². The molecule has 0 N–H and O–H groups in total. The second-order valence-corrected chi connectivity index (χ2v) is 5.83. The summed E-state index contributed by atoms with van der Waals surface area (Å²) in [5.41, 5.74) is 2.94. The quantitative estimate of drug-likeness (QED) is 0.806. The van der Waals surface area contributed by atoms with Crippen LogP contribution in [0.5, 0.6) is 5.75 Å². The fourth-order valence-corrected chi connectivity index (χ4v) is 3.43. The molecule has 104 valence electrons. The lowest BCUT2D eigenvalue weighted by molar-refractivity contribution is 0.103. The number of hydrogen-bond donors (Lipinski definition) is 0. The second kappa shape index (κ2) is 5.51. The van der Waals surface area contributed by atoms with Gasteiger partial charge in [0, 0.05) is 32.2 Å². The van der Waals surface area contributed by atoms with Crippen molar-refractivity contribution < 1.29 is 4.74 Å². The molecule has 3 heteroatoms. The fraction of sp³-hybridized carbons (Fsp3) is 0.625. The second-order valence-electron chi connectivity index (χ2n) is 5.83. The van der Waals surface area contributed by atoms with Gasteiger partial charge >= 0.3 is 0 Å². The van der Waals surface area contributed by atoms with Crippen molar-refractivity contribution in [2.45, 2.75) is 25.3 Å². The Morgan fingerprint density at radius 2 is 1.95 bits per heavy atom. The molecular formula is C16H24N2O. The minimum Gasteiger partial charge on any atom is -0.496 e. The van der Waals surface area contributed by atoms with Gasteiger partial charge in [0.1, 0.15) is 5.75 Å². The van der Waals surface area contributed by atoms with Gasteiger partial charge in [-0.05, 0) is 43.5 Å². The summed E-state index contributed by atoms with van der Waals surface area (Å²) in [6.07, 6.45) is 3.65. The minimum absolute atomic E-state index is 0.706. The minimum atomic E-state index is 0.706. The maximum atomic E-state index is 5.54. The molecule has 1 aliphatic carbocycles. The first kappa shape index (κ1) is 12.9. The molecule has 0 spiro atoms. The third kappa shape index (κ3) is 2.63. The van der Waals surface area contributed by atoms with E-state index in [-0.39, 0.29) is 0 Å². The lowest BCUT2D eigenvalue weighted by Crippen LogP contribution is -2.50. The van der Waals surface area contributed by atoms with Crippen molar-refractivity contribution in [3.05, 3.63) is 29.3 Å². The highest BCUT2D eigenvalue weighted by molar-refractivity contribution is 5.42. The van der Waals surface area contributed by atoms with Gasteiger partial charge in [0.25, 0.3) is 0 Å². The maximum absolute atomic E-state index is 5.54. The van der Waals surface area contributed by atoms with E-state index >= 15 is 0 Å². The van der Waals surface area contributed by atoms with E-state index in [9.17, 15) is 0 Å². The zero-order valence-electron chi connectivity index (χ0n) is 12.1. The number of hydrogen-bond acceptors (Lipinski definition) is 3. The van der Waals surface area contributed by atoms with Crippen molar-refractivity contribution in [2.75, 3.05) is 40.3 Å². The molecule has 0 amide bonds. The summed E-state index contributed by atoms with van der Waals surface area (Å²) in [4.78, 5) is 5.10. The van der Waals surface area contributed by atoms with Gasteiger partial charge in [-0.15, -0.1) is 0 Å². The van der Waals surface area contributed by atoms with Crippen molar-refractivity contribution in [3.63, 3.8) is 0 Å². The highest BCUT2D eigenvalue weighted by Crippen LogP contribution is 2.31. The summed E-state index contributed by atoms with van der Waals surface area (Å²) in [6, 6.07) is 7.19. The van der Waals surface area contributed by atoms with Crippen LogP contribution in [0, 0.1) is 0 Å². The molecule has 1 aromatic carbocycles. The highest BCUT2D eigenvalue weighted by atomic mass is 16.5. The van der Waals surface area contributed by atoms with Crippen LogP contribution < -0.4 is 4.74 Å². The van der Waals surface area contributed by atoms with Gasteiger partial charge in [0.05, 0.1) is 7.11 Å². The van der Waals surface area contributed by atoms with Crippen molar-refractivity contribution in [2.24, 2.45) is 0 Å². The summed E-state index contributed by atoms with van der Waals surface area (Å²) in [5.74, 6) is 1.08. The molecule has 1 aromatic rings. The molecular weight excluding hydrogens is 236 g/mol. The van der Waals surface area contributed by atoms with Gasteiger partial charge in [-0.2, -0.15) is 0 Å². The smallest absolute Gasteiger partial charge is 0.122 e. The number of ether oxygens (including phenoxy) is 1. The Morgan fingerprint density at radius 3 is 2.68 bits per heavy atom. The van der Waals surface area contributed by atoms with Gasteiger partial charge in [0.15, 0.2) is 0 Å². The Balaban J connectivity index is 1.74. The number of likely N-dealkylation sites (N-methyl/N-ethyl adjacent to an activating group) is 1. The van der Waals surface area contributed by atoms with Crippen LogP contribution in [-0.4, -0.2) is 56.2 Å². The Labute approximate surface area is 116 Å². The molecule has 3 rings (SSSR count). The number of aryl methyl sites for hydroxylation is 1. The van der Waals surface area contributed by atoms with Gasteiger partial charge < -0.3 is 9.64 Å². The zero-order valence-corrected chi connectivity index (χ0v) is 12.1. The van der Waals surface area contributed by atoms with E-state index in [1.165, 1.54) is 50.1 Å². The van der Waals surface area contributed by atoms with E-state index in [1.807, 2.05) is 0 Å². The third-order valence-electron chi connectivity index (χ3n) is 4.69. The number of benzene rings is 1. The van der Waals surface area contributed by atoms with Crippen LogP contribution in [0.1, 0.15) is 17.5 Å². The van der Waals surface area contributed by atoms with Crippen LogP contribution in [-0.2, 0) is 12.8 Å². The Bertz CT molecular complexity index is 424. The number of nitrogens with zero attached hydrogens (tertiary/aromatic N) is 2. The largest absolute Gasteiger partial charge is 0.496 e. The predicted molar refractivity (Wildman–Crippen MR) is 77.9 cm³/mol. The Hall–Kier alpha value is -1.06. The molecule has 1 saturated heterocycles. The van der Waals surface area contributed by atoms with Crippen molar-refractivity contribution in [1.82, 2.24) is 9.80 Å². The monoisotopic (exact) mass is 260 g/mol. The molecule has 1 aliphatic heterocycles. The van der Waals surface area contributed by atoms with Gasteiger partial charge in [-0.25, -0.2) is 0 Å². The molecule has 3 nitrogen and oxygen atoms in total. The summed E-state index contributed by atoms with van der Waals surface area (Å²) in [7, 11) is 4.01. The predicted octanol–water partition coefficient (Wildman–Crippen LogP) is 1.80. The Kier molecular flexibility index (Phi) is 3.76. The molecule has 0 saturated carbocycles. The lowest BCUT2D eigenvalue weighted by Gasteiger charge is -2.40. The lowest BCUT2D eigenvalue weighted by atomic mass is 9.86. The van der Waals surface area contributed by atoms with Crippen LogP contribution in [0.3, 0.4) is 0 Å². The standard InChI is InChI=1S/C16H24N2O/c1-17-8-10-18(11-9-17)14-7-6-13-4-3-5-16(19-2)15(13)12-14/h3-5,14H,6-12H2,1-2H3. The first-order chi connectivity index (χ1) is 9.28. The average molecular weight is 260 g/mol. The fourth-order valence-electron chi connectivity index (χ4n) is 3.43. The first-order valence-corrected chi connectivity index (χ1v) is 7.35. The van der Waals surface area contributed by atoms with E-state index in [4.69, 9.17) is 4.74 Å². The van der Waals surface area contributed by atoms with E-state index in [0.29, 0.717) is 6.04 Å². The average Bonchev–Trinajstić information content (AvgIpc) is 2.47. The normalized spacial score (nSPS) is 25.1. The van der Waals surface area contributed by atoms with Gasteiger partial charge in [0.2, 0.25) is 0 Å². The summed E-state index contributed by atoms with van der Waals surface area (Å²) in [6.45, 7) is 4.84. The van der Waals surface area contributed by atoms with Crippen LogP contribution in [0.15, 0.2) is 18.2 Å². The first-order valence-electron chi connectivity index (χ1n) is 7.35. The number of rotatable bonds is 2. The molecule has 1 unspecified atom stereocenters. The molecule has 1 atom stereocenters.